The fourth-order valence-electron chi connectivity index (χ4n) is 2.86. The molecule has 1 aromatic heterocycles. The first-order chi connectivity index (χ1) is 8.02. The van der Waals surface area contributed by atoms with Gasteiger partial charge in [0, 0.05) is 37.4 Å². The van der Waals surface area contributed by atoms with Crippen molar-refractivity contribution in [3.63, 3.8) is 0 Å². The van der Waals surface area contributed by atoms with Gasteiger partial charge >= 0.3 is 0 Å². The predicted molar refractivity (Wildman–Crippen MR) is 77.0 cm³/mol. The second-order valence-electron chi connectivity index (χ2n) is 5.39. The molecule has 0 radical (unpaired) electrons. The number of hydrogen-bond acceptors (Lipinski definition) is 3. The molecule has 0 spiro atoms. The fourth-order valence-corrected chi connectivity index (χ4v) is 2.86. The minimum absolute atomic E-state index is 0. The van der Waals surface area contributed by atoms with Crippen LogP contribution in [0.25, 0.3) is 0 Å². The van der Waals surface area contributed by atoms with Gasteiger partial charge in [0.2, 0.25) is 0 Å². The van der Waals surface area contributed by atoms with Crippen molar-refractivity contribution in [3.05, 3.63) is 17.0 Å². The molecule has 2 rings (SSSR count). The van der Waals surface area contributed by atoms with Crippen molar-refractivity contribution in [1.82, 2.24) is 14.7 Å². The molecule has 2 atom stereocenters. The summed E-state index contributed by atoms with van der Waals surface area (Å²) in [5, 5.41) is 4.48. The number of halogens is 1. The Morgan fingerprint density at radius 2 is 2.06 bits per heavy atom. The Kier molecular flexibility index (Phi) is 5.20. The van der Waals surface area contributed by atoms with Crippen LogP contribution < -0.4 is 5.73 Å². The van der Waals surface area contributed by atoms with Gasteiger partial charge < -0.3 is 5.73 Å². The topological polar surface area (TPSA) is 47.1 Å². The molecule has 4 nitrogen and oxygen atoms in total. The van der Waals surface area contributed by atoms with Crippen molar-refractivity contribution in [3.8, 4) is 0 Å². The van der Waals surface area contributed by atoms with Gasteiger partial charge in [0.15, 0.2) is 0 Å². The van der Waals surface area contributed by atoms with Gasteiger partial charge in [-0.05, 0) is 39.7 Å². The van der Waals surface area contributed by atoms with E-state index in [1.165, 1.54) is 17.7 Å². The highest BCUT2D eigenvalue weighted by Gasteiger charge is 2.29. The first-order valence-electron chi connectivity index (χ1n) is 6.46. The molecule has 2 unspecified atom stereocenters. The van der Waals surface area contributed by atoms with Crippen molar-refractivity contribution in [1.29, 1.82) is 0 Å². The van der Waals surface area contributed by atoms with Gasteiger partial charge in [-0.1, -0.05) is 0 Å². The molecular weight excluding hydrogens is 248 g/mol. The maximum Gasteiger partial charge on any atom is 0.0641 e. The highest BCUT2D eigenvalue weighted by molar-refractivity contribution is 5.85. The minimum Gasteiger partial charge on any atom is -0.330 e. The molecule has 1 fully saturated rings. The summed E-state index contributed by atoms with van der Waals surface area (Å²) in [7, 11) is 2.02. The fraction of sp³-hybridized carbons (Fsp3) is 0.769. The smallest absolute Gasteiger partial charge is 0.0641 e. The Bertz CT molecular complexity index is 402. The van der Waals surface area contributed by atoms with E-state index in [9.17, 15) is 0 Å². The Labute approximate surface area is 116 Å². The molecule has 1 aliphatic rings. The molecule has 5 heteroatoms. The average Bonchev–Trinajstić information content (AvgIpc) is 2.75. The van der Waals surface area contributed by atoms with E-state index >= 15 is 0 Å². The van der Waals surface area contributed by atoms with Gasteiger partial charge in [0.25, 0.3) is 0 Å². The first-order valence-corrected chi connectivity index (χ1v) is 6.46. The molecular formula is C13H25ClN4. The summed E-state index contributed by atoms with van der Waals surface area (Å²) in [6, 6.07) is 0.641. The molecule has 104 valence electrons. The molecule has 1 aliphatic heterocycles. The lowest BCUT2D eigenvalue weighted by atomic mass is 10.1. The molecule has 0 bridgehead atoms. The zero-order chi connectivity index (χ0) is 12.6. The summed E-state index contributed by atoms with van der Waals surface area (Å²) in [5.74, 6) is 0.669. The van der Waals surface area contributed by atoms with Crippen LogP contribution in [0.3, 0.4) is 0 Å². The molecule has 2 N–H and O–H groups in total. The maximum atomic E-state index is 5.77. The van der Waals surface area contributed by atoms with Crippen LogP contribution in [0.1, 0.15) is 30.3 Å². The van der Waals surface area contributed by atoms with E-state index in [0.29, 0.717) is 12.0 Å². The van der Waals surface area contributed by atoms with E-state index in [4.69, 9.17) is 5.73 Å². The molecule has 18 heavy (non-hydrogen) atoms. The molecule has 2 heterocycles. The number of likely N-dealkylation sites (tertiary alicyclic amines) is 1. The van der Waals surface area contributed by atoms with Crippen LogP contribution in [0.5, 0.6) is 0 Å². The zero-order valence-electron chi connectivity index (χ0n) is 11.8. The number of hydrogen-bond donors (Lipinski definition) is 1. The quantitative estimate of drug-likeness (QED) is 0.910. The summed E-state index contributed by atoms with van der Waals surface area (Å²) >= 11 is 0. The van der Waals surface area contributed by atoms with Gasteiger partial charge in [0.1, 0.15) is 0 Å². The lowest BCUT2D eigenvalue weighted by Crippen LogP contribution is -2.27. The van der Waals surface area contributed by atoms with Crippen LogP contribution in [0.2, 0.25) is 0 Å². The normalized spacial score (nSPS) is 24.3. The lowest BCUT2D eigenvalue weighted by molar-refractivity contribution is 0.255. The largest absolute Gasteiger partial charge is 0.330 e. The molecule has 0 amide bonds. The van der Waals surface area contributed by atoms with Gasteiger partial charge in [-0.15, -0.1) is 12.4 Å². The minimum atomic E-state index is 0. The number of nitrogens with zero attached hydrogens (tertiary/aromatic N) is 3. The Morgan fingerprint density at radius 1 is 1.39 bits per heavy atom. The average molecular weight is 273 g/mol. The lowest BCUT2D eigenvalue weighted by Gasteiger charge is -2.21. The Hall–Kier alpha value is -0.580. The van der Waals surface area contributed by atoms with Crippen molar-refractivity contribution >= 4 is 12.4 Å². The molecule has 0 aromatic carbocycles. The van der Waals surface area contributed by atoms with Crippen molar-refractivity contribution in [2.45, 2.75) is 39.8 Å². The van der Waals surface area contributed by atoms with E-state index in [0.717, 1.165) is 25.3 Å². The van der Waals surface area contributed by atoms with Crippen molar-refractivity contribution < 1.29 is 0 Å². The third-order valence-corrected chi connectivity index (χ3v) is 4.14. The van der Waals surface area contributed by atoms with Gasteiger partial charge in [-0.25, -0.2) is 0 Å². The predicted octanol–water partition coefficient (Wildman–Crippen LogP) is 1.63. The van der Waals surface area contributed by atoms with E-state index in [1.807, 2.05) is 11.7 Å². The maximum absolute atomic E-state index is 5.77. The van der Waals surface area contributed by atoms with Crippen molar-refractivity contribution in [2.75, 3.05) is 13.1 Å². The van der Waals surface area contributed by atoms with Gasteiger partial charge in [0.05, 0.1) is 5.69 Å². The standard InChI is InChI=1S/C13H24N4.ClH/c1-9-5-12(6-14)7-17(9)8-13-10(2)15-16(4)11(13)3;/h9,12H,5-8,14H2,1-4H3;1H. The number of nitrogens with two attached hydrogens (primary N) is 1. The van der Waals surface area contributed by atoms with Gasteiger partial charge in [-0.2, -0.15) is 5.10 Å². The Balaban J connectivity index is 0.00000162. The molecule has 1 saturated heterocycles. The summed E-state index contributed by atoms with van der Waals surface area (Å²) in [6.07, 6.45) is 1.23. The number of aryl methyl sites for hydroxylation is 2. The zero-order valence-corrected chi connectivity index (χ0v) is 12.6. The summed E-state index contributed by atoms with van der Waals surface area (Å²) in [4.78, 5) is 2.54. The van der Waals surface area contributed by atoms with Crippen LogP contribution in [0.15, 0.2) is 0 Å². The van der Waals surface area contributed by atoms with E-state index < -0.39 is 0 Å². The highest BCUT2D eigenvalue weighted by atomic mass is 35.5. The number of aromatic nitrogens is 2. The molecule has 1 aromatic rings. The molecule has 0 saturated carbocycles. The third kappa shape index (κ3) is 2.87. The van der Waals surface area contributed by atoms with E-state index in [2.05, 4.69) is 30.8 Å². The summed E-state index contributed by atoms with van der Waals surface area (Å²) < 4.78 is 1.98. The number of rotatable bonds is 3. The van der Waals surface area contributed by atoms with E-state index in [-0.39, 0.29) is 12.4 Å². The monoisotopic (exact) mass is 272 g/mol. The van der Waals surface area contributed by atoms with Crippen LogP contribution in [0, 0.1) is 19.8 Å². The summed E-state index contributed by atoms with van der Waals surface area (Å²) in [5.41, 5.74) is 9.60. The summed E-state index contributed by atoms with van der Waals surface area (Å²) in [6.45, 7) is 9.51. The van der Waals surface area contributed by atoms with Crippen LogP contribution >= 0.6 is 12.4 Å². The Morgan fingerprint density at radius 3 is 2.50 bits per heavy atom. The van der Waals surface area contributed by atoms with Crippen LogP contribution in [0.4, 0.5) is 0 Å². The highest BCUT2D eigenvalue weighted by Crippen LogP contribution is 2.25. The SMILES string of the molecule is Cc1nn(C)c(C)c1CN1CC(CN)CC1C.Cl. The van der Waals surface area contributed by atoms with Gasteiger partial charge in [-0.3, -0.25) is 9.58 Å². The second-order valence-corrected chi connectivity index (χ2v) is 5.39. The van der Waals surface area contributed by atoms with Crippen LogP contribution in [-0.2, 0) is 13.6 Å². The first kappa shape index (κ1) is 15.5. The van der Waals surface area contributed by atoms with E-state index in [1.54, 1.807) is 0 Å². The van der Waals surface area contributed by atoms with Crippen molar-refractivity contribution in [2.24, 2.45) is 18.7 Å². The molecule has 0 aliphatic carbocycles. The van der Waals surface area contributed by atoms with Crippen LogP contribution in [-0.4, -0.2) is 33.8 Å². The third-order valence-electron chi connectivity index (χ3n) is 4.14. The second kappa shape index (κ2) is 6.04.